The van der Waals surface area contributed by atoms with Crippen molar-refractivity contribution in [1.29, 1.82) is 0 Å². The van der Waals surface area contributed by atoms with Crippen LogP contribution in [-0.2, 0) is 6.18 Å². The standard InChI is InChI=1S/C23H23ClF3N5O3/c1-12-10-14(13(2)28-15-6-7-16(24)29-18(15)22(34)35)19-30-20(31-8-4-3-5-9-31)17(23(25,26)27)21(33)32(19)11-12/h6-7,10-11,13,28H,3-5,8-9H2,1-2H3,(H,34,35)/t13-/m1/s1. The molecule has 12 heteroatoms. The fraction of sp³-hybridized carbons (Fsp3) is 0.391. The monoisotopic (exact) mass is 509 g/mol. The Balaban J connectivity index is 1.90. The molecular weight excluding hydrogens is 487 g/mol. The molecule has 4 rings (SSSR count). The van der Waals surface area contributed by atoms with Crippen molar-refractivity contribution in [3.05, 3.63) is 62.3 Å². The quantitative estimate of drug-likeness (QED) is 0.470. The summed E-state index contributed by atoms with van der Waals surface area (Å²) in [6, 6.07) is 3.94. The van der Waals surface area contributed by atoms with Crippen LogP contribution in [0.4, 0.5) is 24.7 Å². The summed E-state index contributed by atoms with van der Waals surface area (Å²) in [4.78, 5) is 34.5. The molecule has 4 heterocycles. The summed E-state index contributed by atoms with van der Waals surface area (Å²) in [6.45, 7) is 4.10. The molecule has 186 valence electrons. The molecule has 3 aromatic rings. The third-order valence-electron chi connectivity index (χ3n) is 5.91. The van der Waals surface area contributed by atoms with Gasteiger partial charge in [0.1, 0.15) is 16.6 Å². The first-order chi connectivity index (χ1) is 16.5. The fourth-order valence-electron chi connectivity index (χ4n) is 4.32. The average Bonchev–Trinajstić information content (AvgIpc) is 2.79. The highest BCUT2D eigenvalue weighted by atomic mass is 35.5. The normalized spacial score (nSPS) is 15.3. The van der Waals surface area contributed by atoms with Crippen molar-refractivity contribution in [3.8, 4) is 0 Å². The molecule has 1 aliphatic heterocycles. The highest BCUT2D eigenvalue weighted by molar-refractivity contribution is 6.29. The van der Waals surface area contributed by atoms with Gasteiger partial charge in [0, 0.05) is 24.8 Å². The number of halogens is 4. The number of pyridine rings is 2. The second kappa shape index (κ2) is 9.37. The van der Waals surface area contributed by atoms with E-state index in [0.717, 1.165) is 10.8 Å². The summed E-state index contributed by atoms with van der Waals surface area (Å²) < 4.78 is 43.0. The van der Waals surface area contributed by atoms with E-state index >= 15 is 0 Å². The van der Waals surface area contributed by atoms with Gasteiger partial charge in [0.05, 0.1) is 11.7 Å². The van der Waals surface area contributed by atoms with E-state index in [4.69, 9.17) is 11.6 Å². The van der Waals surface area contributed by atoms with Crippen LogP contribution >= 0.6 is 11.6 Å². The number of fused-ring (bicyclic) bond motifs is 1. The minimum atomic E-state index is -4.88. The maximum absolute atomic E-state index is 14.0. The summed E-state index contributed by atoms with van der Waals surface area (Å²) in [5.74, 6) is -1.67. The third kappa shape index (κ3) is 4.90. The van der Waals surface area contributed by atoms with Gasteiger partial charge in [-0.15, -0.1) is 0 Å². The molecule has 0 bridgehead atoms. The number of alkyl halides is 3. The lowest BCUT2D eigenvalue weighted by Crippen LogP contribution is -2.37. The molecule has 1 fully saturated rings. The predicted octanol–water partition coefficient (Wildman–Crippen LogP) is 4.93. The van der Waals surface area contributed by atoms with E-state index in [1.54, 1.807) is 19.9 Å². The number of anilines is 2. The lowest BCUT2D eigenvalue weighted by molar-refractivity contribution is -0.138. The van der Waals surface area contributed by atoms with E-state index in [1.807, 2.05) is 0 Å². The summed E-state index contributed by atoms with van der Waals surface area (Å²) in [6.07, 6.45) is -1.24. The Labute approximate surface area is 203 Å². The van der Waals surface area contributed by atoms with Crippen LogP contribution < -0.4 is 15.8 Å². The Morgan fingerprint density at radius 1 is 1.20 bits per heavy atom. The number of aryl methyl sites for hydroxylation is 1. The van der Waals surface area contributed by atoms with Crippen molar-refractivity contribution in [2.24, 2.45) is 0 Å². The molecular formula is C23H23ClF3N5O3. The van der Waals surface area contributed by atoms with E-state index in [2.05, 4.69) is 15.3 Å². The van der Waals surface area contributed by atoms with E-state index in [1.165, 1.54) is 23.2 Å². The summed E-state index contributed by atoms with van der Waals surface area (Å²) in [7, 11) is 0. The van der Waals surface area contributed by atoms with Gasteiger partial charge < -0.3 is 15.3 Å². The number of carbonyl (C=O) groups is 1. The zero-order valence-corrected chi connectivity index (χ0v) is 19.7. The van der Waals surface area contributed by atoms with Gasteiger partial charge in [-0.05, 0) is 56.9 Å². The highest BCUT2D eigenvalue weighted by Gasteiger charge is 2.41. The van der Waals surface area contributed by atoms with Gasteiger partial charge in [-0.1, -0.05) is 11.6 Å². The van der Waals surface area contributed by atoms with Crippen LogP contribution in [0.5, 0.6) is 0 Å². The largest absolute Gasteiger partial charge is 0.476 e. The fourth-order valence-corrected chi connectivity index (χ4v) is 4.47. The SMILES string of the molecule is Cc1cc([C@@H](C)Nc2ccc(Cl)nc2C(=O)O)c2nc(N3CCCCC3)c(C(F)(F)F)c(=O)n2c1. The van der Waals surface area contributed by atoms with Gasteiger partial charge in [0.25, 0.3) is 5.56 Å². The molecule has 35 heavy (non-hydrogen) atoms. The third-order valence-corrected chi connectivity index (χ3v) is 6.12. The number of hydrogen-bond donors (Lipinski definition) is 2. The number of aromatic nitrogens is 3. The van der Waals surface area contributed by atoms with Crippen LogP contribution in [0, 0.1) is 6.92 Å². The molecule has 1 aliphatic rings. The number of carboxylic acids is 1. The smallest absolute Gasteiger partial charge is 0.425 e. The van der Waals surface area contributed by atoms with Crippen LogP contribution in [0.2, 0.25) is 5.15 Å². The lowest BCUT2D eigenvalue weighted by Gasteiger charge is -2.30. The number of aromatic carboxylic acids is 1. The first kappa shape index (κ1) is 24.8. The van der Waals surface area contributed by atoms with Crippen LogP contribution in [0.3, 0.4) is 0 Å². The molecule has 0 aromatic carbocycles. The molecule has 2 N–H and O–H groups in total. The van der Waals surface area contributed by atoms with Crippen molar-refractivity contribution in [3.63, 3.8) is 0 Å². The second-order valence-electron chi connectivity index (χ2n) is 8.53. The Morgan fingerprint density at radius 3 is 2.51 bits per heavy atom. The zero-order chi connectivity index (χ0) is 25.5. The van der Waals surface area contributed by atoms with E-state index in [9.17, 15) is 27.9 Å². The molecule has 8 nitrogen and oxygen atoms in total. The van der Waals surface area contributed by atoms with Crippen molar-refractivity contribution >= 4 is 34.7 Å². The first-order valence-electron chi connectivity index (χ1n) is 11.0. The topological polar surface area (TPSA) is 99.8 Å². The van der Waals surface area contributed by atoms with Gasteiger partial charge in [-0.25, -0.2) is 14.8 Å². The predicted molar refractivity (Wildman–Crippen MR) is 126 cm³/mol. The number of carboxylic acid groups (broad SMARTS) is 1. The maximum atomic E-state index is 14.0. The molecule has 0 radical (unpaired) electrons. The summed E-state index contributed by atoms with van der Waals surface area (Å²) >= 11 is 5.83. The van der Waals surface area contributed by atoms with Gasteiger partial charge in [-0.2, -0.15) is 13.2 Å². The van der Waals surface area contributed by atoms with Crippen LogP contribution in [0.25, 0.3) is 5.65 Å². The average molecular weight is 510 g/mol. The second-order valence-corrected chi connectivity index (χ2v) is 8.92. The molecule has 1 atom stereocenters. The number of nitrogens with zero attached hydrogens (tertiary/aromatic N) is 4. The van der Waals surface area contributed by atoms with Crippen LogP contribution in [-0.4, -0.2) is 38.5 Å². The van der Waals surface area contributed by atoms with E-state index in [0.29, 0.717) is 37.1 Å². The zero-order valence-electron chi connectivity index (χ0n) is 19.0. The van der Waals surface area contributed by atoms with Gasteiger partial charge in [0.15, 0.2) is 11.3 Å². The molecule has 3 aromatic heterocycles. The number of hydrogen-bond acceptors (Lipinski definition) is 6. The minimum Gasteiger partial charge on any atom is -0.476 e. The van der Waals surface area contributed by atoms with Crippen LogP contribution in [0.1, 0.15) is 59.4 Å². The summed E-state index contributed by atoms with van der Waals surface area (Å²) in [5.41, 5.74) is -1.59. The molecule has 0 spiro atoms. The van der Waals surface area contributed by atoms with Gasteiger partial charge in [-0.3, -0.25) is 9.20 Å². The van der Waals surface area contributed by atoms with Crippen molar-refractivity contribution in [2.45, 2.75) is 45.3 Å². The molecule has 0 aliphatic carbocycles. The highest BCUT2D eigenvalue weighted by Crippen LogP contribution is 2.35. The molecule has 1 saturated heterocycles. The van der Waals surface area contributed by atoms with Crippen molar-refractivity contribution in [2.75, 3.05) is 23.3 Å². The molecule has 0 saturated carbocycles. The van der Waals surface area contributed by atoms with Crippen molar-refractivity contribution in [1.82, 2.24) is 14.4 Å². The first-order valence-corrected chi connectivity index (χ1v) is 11.4. The molecule has 0 unspecified atom stereocenters. The van der Waals surface area contributed by atoms with E-state index < -0.39 is 29.3 Å². The molecule has 0 amide bonds. The Morgan fingerprint density at radius 2 is 1.89 bits per heavy atom. The Kier molecular flexibility index (Phi) is 6.63. The van der Waals surface area contributed by atoms with E-state index in [-0.39, 0.29) is 28.0 Å². The number of rotatable bonds is 5. The van der Waals surface area contributed by atoms with Crippen molar-refractivity contribution < 1.29 is 23.1 Å². The Hall–Kier alpha value is -3.34. The minimum absolute atomic E-state index is 0.000630. The summed E-state index contributed by atoms with van der Waals surface area (Å²) in [5, 5.41) is 12.5. The van der Waals surface area contributed by atoms with Crippen LogP contribution in [0.15, 0.2) is 29.2 Å². The lowest BCUT2D eigenvalue weighted by atomic mass is 10.1. The number of nitrogens with one attached hydrogen (secondary N) is 1. The Bertz CT molecular complexity index is 1350. The maximum Gasteiger partial charge on any atom is 0.425 e. The van der Waals surface area contributed by atoms with Gasteiger partial charge in [0.2, 0.25) is 0 Å². The number of piperidine rings is 1. The van der Waals surface area contributed by atoms with Gasteiger partial charge >= 0.3 is 12.1 Å².